The van der Waals surface area contributed by atoms with Crippen molar-refractivity contribution in [3.63, 3.8) is 0 Å². The lowest BCUT2D eigenvalue weighted by atomic mass is 10.1. The van der Waals surface area contributed by atoms with Crippen LogP contribution < -0.4 is 10.6 Å². The van der Waals surface area contributed by atoms with Crippen molar-refractivity contribution in [3.05, 3.63) is 23.8 Å². The third kappa shape index (κ3) is 3.74. The van der Waals surface area contributed by atoms with Gasteiger partial charge in [0.1, 0.15) is 5.75 Å². The van der Waals surface area contributed by atoms with E-state index in [1.165, 1.54) is 12.8 Å². The third-order valence-electron chi connectivity index (χ3n) is 3.11. The highest BCUT2D eigenvalue weighted by molar-refractivity contribution is 5.92. The van der Waals surface area contributed by atoms with Crippen molar-refractivity contribution in [1.82, 2.24) is 5.32 Å². The van der Waals surface area contributed by atoms with Crippen molar-refractivity contribution in [2.24, 2.45) is 0 Å². The normalized spacial score (nSPS) is 14.5. The Morgan fingerprint density at radius 2 is 2.22 bits per heavy atom. The number of aryl methyl sites for hydroxylation is 1. The highest BCUT2D eigenvalue weighted by Gasteiger charge is 2.20. The van der Waals surface area contributed by atoms with Crippen LogP contribution in [0.3, 0.4) is 0 Å². The van der Waals surface area contributed by atoms with Crippen molar-refractivity contribution in [1.29, 1.82) is 0 Å². The molecule has 0 radical (unpaired) electrons. The number of anilines is 1. The molecular weight excluding hydrogens is 228 g/mol. The monoisotopic (exact) mass is 248 g/mol. The molecule has 4 nitrogen and oxygen atoms in total. The van der Waals surface area contributed by atoms with E-state index in [2.05, 4.69) is 10.6 Å². The van der Waals surface area contributed by atoms with Gasteiger partial charge in [-0.25, -0.2) is 0 Å². The molecule has 98 valence electrons. The first-order valence-electron chi connectivity index (χ1n) is 6.54. The smallest absolute Gasteiger partial charge is 0.225 e. The fourth-order valence-electron chi connectivity index (χ4n) is 1.79. The SMILES string of the molecule is CCc1ccc(O)c(NC(=O)CCNC2CC2)c1. The Morgan fingerprint density at radius 3 is 2.89 bits per heavy atom. The Bertz CT molecular complexity index is 428. The maximum atomic E-state index is 11.7. The number of carbonyl (C=O) groups excluding carboxylic acids is 1. The van der Waals surface area contributed by atoms with Gasteiger partial charge in [0.2, 0.25) is 5.91 Å². The number of phenolic OH excluding ortho intramolecular Hbond substituents is 1. The number of hydrogen-bond donors (Lipinski definition) is 3. The average Bonchev–Trinajstić information content (AvgIpc) is 3.16. The highest BCUT2D eigenvalue weighted by Crippen LogP contribution is 2.24. The number of amides is 1. The standard InChI is InChI=1S/C14H20N2O2/c1-2-10-3-6-13(17)12(9-10)16-14(18)7-8-15-11-4-5-11/h3,6,9,11,15,17H,2,4-5,7-8H2,1H3,(H,16,18). The van der Waals surface area contributed by atoms with Crippen molar-refractivity contribution < 1.29 is 9.90 Å². The minimum atomic E-state index is -0.0632. The predicted octanol–water partition coefficient (Wildman–Crippen LogP) is 2.04. The molecule has 0 heterocycles. The summed E-state index contributed by atoms with van der Waals surface area (Å²) in [5.41, 5.74) is 1.60. The maximum Gasteiger partial charge on any atom is 0.225 e. The molecule has 0 bridgehead atoms. The van der Waals surface area contributed by atoms with Gasteiger partial charge < -0.3 is 15.7 Å². The largest absolute Gasteiger partial charge is 0.506 e. The van der Waals surface area contributed by atoms with E-state index >= 15 is 0 Å². The minimum Gasteiger partial charge on any atom is -0.506 e. The van der Waals surface area contributed by atoms with Crippen LogP contribution in [-0.4, -0.2) is 23.6 Å². The Morgan fingerprint density at radius 1 is 1.44 bits per heavy atom. The molecule has 1 aromatic rings. The molecule has 0 aromatic heterocycles. The summed E-state index contributed by atoms with van der Waals surface area (Å²) in [5.74, 6) is 0.0578. The zero-order chi connectivity index (χ0) is 13.0. The van der Waals surface area contributed by atoms with E-state index in [0.717, 1.165) is 12.0 Å². The molecule has 1 aliphatic carbocycles. The van der Waals surface area contributed by atoms with Gasteiger partial charge in [0, 0.05) is 19.0 Å². The van der Waals surface area contributed by atoms with E-state index in [4.69, 9.17) is 0 Å². The lowest BCUT2D eigenvalue weighted by molar-refractivity contribution is -0.116. The van der Waals surface area contributed by atoms with Crippen molar-refractivity contribution in [2.45, 2.75) is 38.6 Å². The van der Waals surface area contributed by atoms with Gasteiger partial charge in [-0.3, -0.25) is 4.79 Å². The van der Waals surface area contributed by atoms with Crippen LogP contribution in [0.25, 0.3) is 0 Å². The Hall–Kier alpha value is -1.55. The van der Waals surface area contributed by atoms with Crippen LogP contribution in [0.15, 0.2) is 18.2 Å². The van der Waals surface area contributed by atoms with E-state index in [1.54, 1.807) is 6.07 Å². The van der Waals surface area contributed by atoms with E-state index in [9.17, 15) is 9.90 Å². The van der Waals surface area contributed by atoms with Gasteiger partial charge in [-0.2, -0.15) is 0 Å². The molecule has 1 fully saturated rings. The summed E-state index contributed by atoms with van der Waals surface area (Å²) in [6.45, 7) is 2.74. The fourth-order valence-corrected chi connectivity index (χ4v) is 1.79. The summed E-state index contributed by atoms with van der Waals surface area (Å²) in [6, 6.07) is 5.92. The molecule has 1 aliphatic rings. The van der Waals surface area contributed by atoms with Gasteiger partial charge in [-0.15, -0.1) is 0 Å². The molecule has 0 unspecified atom stereocenters. The quantitative estimate of drug-likeness (QED) is 0.675. The molecule has 0 aliphatic heterocycles. The lowest BCUT2D eigenvalue weighted by Gasteiger charge is -2.09. The van der Waals surface area contributed by atoms with Crippen molar-refractivity contribution >= 4 is 11.6 Å². The minimum absolute atomic E-state index is 0.0632. The molecular formula is C14H20N2O2. The average molecular weight is 248 g/mol. The first-order valence-corrected chi connectivity index (χ1v) is 6.54. The molecule has 0 spiro atoms. The summed E-state index contributed by atoms with van der Waals surface area (Å²) in [6.07, 6.45) is 3.76. The van der Waals surface area contributed by atoms with E-state index in [1.807, 2.05) is 19.1 Å². The van der Waals surface area contributed by atoms with E-state index in [-0.39, 0.29) is 11.7 Å². The fraction of sp³-hybridized carbons (Fsp3) is 0.500. The van der Waals surface area contributed by atoms with E-state index < -0.39 is 0 Å². The Balaban J connectivity index is 1.84. The van der Waals surface area contributed by atoms with Crippen LogP contribution in [0, 0.1) is 0 Å². The number of nitrogens with one attached hydrogen (secondary N) is 2. The van der Waals surface area contributed by atoms with Crippen molar-refractivity contribution in [3.8, 4) is 5.75 Å². The Labute approximate surface area is 107 Å². The molecule has 3 N–H and O–H groups in total. The van der Waals surface area contributed by atoms with Crippen LogP contribution in [-0.2, 0) is 11.2 Å². The molecule has 2 rings (SSSR count). The number of carbonyl (C=O) groups is 1. The summed E-state index contributed by atoms with van der Waals surface area (Å²) in [5, 5.41) is 15.7. The molecule has 18 heavy (non-hydrogen) atoms. The second kappa shape index (κ2) is 5.87. The van der Waals surface area contributed by atoms with Crippen LogP contribution in [0.1, 0.15) is 31.7 Å². The topological polar surface area (TPSA) is 61.4 Å². The molecule has 1 aromatic carbocycles. The Kier molecular flexibility index (Phi) is 4.20. The molecule has 1 amide bonds. The lowest BCUT2D eigenvalue weighted by Crippen LogP contribution is -2.23. The number of phenols is 1. The molecule has 0 saturated heterocycles. The number of aromatic hydroxyl groups is 1. The molecule has 1 saturated carbocycles. The summed E-state index contributed by atoms with van der Waals surface area (Å²) >= 11 is 0. The second-order valence-electron chi connectivity index (χ2n) is 4.73. The van der Waals surface area contributed by atoms with Gasteiger partial charge in [0.25, 0.3) is 0 Å². The van der Waals surface area contributed by atoms with Gasteiger partial charge >= 0.3 is 0 Å². The third-order valence-corrected chi connectivity index (χ3v) is 3.11. The van der Waals surface area contributed by atoms with Crippen LogP contribution in [0.2, 0.25) is 0 Å². The van der Waals surface area contributed by atoms with Crippen LogP contribution in [0.4, 0.5) is 5.69 Å². The number of hydrogen-bond acceptors (Lipinski definition) is 3. The zero-order valence-corrected chi connectivity index (χ0v) is 10.7. The summed E-state index contributed by atoms with van der Waals surface area (Å²) in [7, 11) is 0. The van der Waals surface area contributed by atoms with Crippen molar-refractivity contribution in [2.75, 3.05) is 11.9 Å². The molecule has 0 atom stereocenters. The first kappa shape index (κ1) is 12.9. The zero-order valence-electron chi connectivity index (χ0n) is 10.7. The van der Waals surface area contributed by atoms with Gasteiger partial charge in [-0.1, -0.05) is 13.0 Å². The summed E-state index contributed by atoms with van der Waals surface area (Å²) < 4.78 is 0. The summed E-state index contributed by atoms with van der Waals surface area (Å²) in [4.78, 5) is 11.7. The predicted molar refractivity (Wildman–Crippen MR) is 71.8 cm³/mol. The van der Waals surface area contributed by atoms with Crippen LogP contribution >= 0.6 is 0 Å². The van der Waals surface area contributed by atoms with Gasteiger partial charge in [0.15, 0.2) is 0 Å². The first-order chi connectivity index (χ1) is 8.69. The van der Waals surface area contributed by atoms with Gasteiger partial charge in [-0.05, 0) is 37.0 Å². The highest BCUT2D eigenvalue weighted by atomic mass is 16.3. The molecule has 4 heteroatoms. The number of benzene rings is 1. The van der Waals surface area contributed by atoms with Crippen LogP contribution in [0.5, 0.6) is 5.75 Å². The van der Waals surface area contributed by atoms with E-state index in [0.29, 0.717) is 24.7 Å². The number of rotatable bonds is 6. The maximum absolute atomic E-state index is 11.7. The second-order valence-corrected chi connectivity index (χ2v) is 4.73. The van der Waals surface area contributed by atoms with Gasteiger partial charge in [0.05, 0.1) is 5.69 Å².